The minimum Gasteiger partial charge on any atom is -0.443 e. The van der Waals surface area contributed by atoms with Crippen molar-refractivity contribution in [2.75, 3.05) is 42.6 Å². The Kier molecular flexibility index (Phi) is 5.82. The number of thiophene rings is 1. The van der Waals surface area contributed by atoms with Crippen LogP contribution in [0.5, 0.6) is 0 Å². The molecule has 2 aliphatic rings. The smallest absolute Gasteiger partial charge is 0.414 e. The van der Waals surface area contributed by atoms with Crippen molar-refractivity contribution in [2.24, 2.45) is 0 Å². The number of nitrogens with zero attached hydrogens (tertiary/aromatic N) is 2. The molecule has 0 spiro atoms. The van der Waals surface area contributed by atoms with E-state index < -0.39 is 0 Å². The highest BCUT2D eigenvalue weighted by atomic mass is 35.5. The molecule has 0 radical (unpaired) electrons. The number of ether oxygens (including phenoxy) is 2. The molecule has 148 valence electrons. The van der Waals surface area contributed by atoms with Crippen LogP contribution in [0, 0.1) is 0 Å². The fourth-order valence-electron chi connectivity index (χ4n) is 3.25. The topological polar surface area (TPSA) is 71.1 Å². The lowest BCUT2D eigenvalue weighted by Crippen LogP contribution is -2.41. The number of carbonyl (C=O) groups is 2. The van der Waals surface area contributed by atoms with Crippen molar-refractivity contribution < 1.29 is 19.1 Å². The molecule has 2 aliphatic heterocycles. The van der Waals surface area contributed by atoms with Crippen molar-refractivity contribution in [1.82, 2.24) is 5.32 Å². The summed E-state index contributed by atoms with van der Waals surface area (Å²) < 4.78 is 11.4. The number of hydrogen-bond acceptors (Lipinski definition) is 6. The van der Waals surface area contributed by atoms with E-state index >= 15 is 0 Å². The van der Waals surface area contributed by atoms with Crippen LogP contribution in [0.3, 0.4) is 0 Å². The standard InChI is InChI=1S/C19H20ClN3O4S/c20-17-6-5-16(28-17)10-21-9-15-11-23(19(25)27-15)14-3-1-13(2-4-14)22-7-8-26-12-18(22)24/h1-6,15,21H,7-12H2/t15-/m0/s1. The van der Waals surface area contributed by atoms with Crippen molar-refractivity contribution >= 4 is 46.3 Å². The molecular weight excluding hydrogens is 402 g/mol. The Hall–Kier alpha value is -2.13. The summed E-state index contributed by atoms with van der Waals surface area (Å²) in [5.41, 5.74) is 1.56. The molecule has 2 aromatic rings. The summed E-state index contributed by atoms with van der Waals surface area (Å²) in [6.07, 6.45) is -0.579. The van der Waals surface area contributed by atoms with Crippen molar-refractivity contribution in [3.8, 4) is 0 Å². The third-order valence-electron chi connectivity index (χ3n) is 4.63. The van der Waals surface area contributed by atoms with Crippen LogP contribution in [0.1, 0.15) is 4.88 Å². The predicted molar refractivity (Wildman–Crippen MR) is 108 cm³/mol. The number of rotatable bonds is 6. The Morgan fingerprint density at radius 1 is 1.11 bits per heavy atom. The van der Waals surface area contributed by atoms with Gasteiger partial charge in [0.15, 0.2) is 0 Å². The van der Waals surface area contributed by atoms with E-state index in [-0.39, 0.29) is 24.7 Å². The van der Waals surface area contributed by atoms with Crippen LogP contribution in [0.4, 0.5) is 16.2 Å². The fourth-order valence-corrected chi connectivity index (χ4v) is 4.30. The quantitative estimate of drug-likeness (QED) is 0.776. The first kappa shape index (κ1) is 19.2. The maximum absolute atomic E-state index is 12.2. The van der Waals surface area contributed by atoms with Gasteiger partial charge in [0.05, 0.1) is 17.5 Å². The molecule has 0 bridgehead atoms. The molecule has 1 aromatic carbocycles. The molecule has 1 atom stereocenters. The van der Waals surface area contributed by atoms with E-state index in [1.807, 2.05) is 36.4 Å². The zero-order valence-electron chi connectivity index (χ0n) is 15.1. The monoisotopic (exact) mass is 421 g/mol. The summed E-state index contributed by atoms with van der Waals surface area (Å²) in [7, 11) is 0. The highest BCUT2D eigenvalue weighted by Crippen LogP contribution is 2.26. The predicted octanol–water partition coefficient (Wildman–Crippen LogP) is 2.88. The lowest BCUT2D eigenvalue weighted by Gasteiger charge is -2.27. The molecule has 9 heteroatoms. The molecule has 1 aromatic heterocycles. The Morgan fingerprint density at radius 2 is 1.86 bits per heavy atom. The molecule has 2 amide bonds. The summed E-state index contributed by atoms with van der Waals surface area (Å²) in [5.74, 6) is -0.0576. The van der Waals surface area contributed by atoms with E-state index in [1.165, 1.54) is 11.3 Å². The number of amides is 2. The third kappa shape index (κ3) is 4.30. The lowest BCUT2D eigenvalue weighted by atomic mass is 10.2. The lowest BCUT2D eigenvalue weighted by molar-refractivity contribution is -0.125. The number of morpholine rings is 1. The number of benzene rings is 1. The first-order valence-corrected chi connectivity index (χ1v) is 10.2. The average molecular weight is 422 g/mol. The first-order chi connectivity index (χ1) is 13.6. The molecule has 0 saturated carbocycles. The minimum absolute atomic E-state index is 0.0576. The number of hydrogen-bond donors (Lipinski definition) is 1. The SMILES string of the molecule is O=C1COCCN1c1ccc(N2C[C@H](CNCc3ccc(Cl)s3)OC2=O)cc1. The van der Waals surface area contributed by atoms with E-state index in [9.17, 15) is 9.59 Å². The van der Waals surface area contributed by atoms with E-state index in [2.05, 4.69) is 5.32 Å². The zero-order valence-corrected chi connectivity index (χ0v) is 16.7. The van der Waals surface area contributed by atoms with Crippen molar-refractivity contribution in [2.45, 2.75) is 12.6 Å². The largest absolute Gasteiger partial charge is 0.443 e. The molecule has 1 N–H and O–H groups in total. The molecule has 28 heavy (non-hydrogen) atoms. The van der Waals surface area contributed by atoms with Crippen molar-refractivity contribution in [3.05, 3.63) is 45.6 Å². The Balaban J connectivity index is 1.32. The van der Waals surface area contributed by atoms with Crippen LogP contribution >= 0.6 is 22.9 Å². The normalized spacial score (nSPS) is 20.0. The molecule has 0 aliphatic carbocycles. The molecule has 0 unspecified atom stereocenters. The molecule has 3 heterocycles. The van der Waals surface area contributed by atoms with Gasteiger partial charge < -0.3 is 19.7 Å². The van der Waals surface area contributed by atoms with E-state index in [0.29, 0.717) is 32.8 Å². The van der Waals surface area contributed by atoms with Gasteiger partial charge in [-0.05, 0) is 36.4 Å². The molecule has 4 rings (SSSR count). The number of halogens is 1. The summed E-state index contributed by atoms with van der Waals surface area (Å²) in [6, 6.07) is 11.2. The van der Waals surface area contributed by atoms with Crippen LogP contribution in [-0.4, -0.2) is 51.0 Å². The van der Waals surface area contributed by atoms with Gasteiger partial charge in [0.2, 0.25) is 0 Å². The van der Waals surface area contributed by atoms with Gasteiger partial charge in [-0.2, -0.15) is 0 Å². The van der Waals surface area contributed by atoms with Crippen LogP contribution < -0.4 is 15.1 Å². The zero-order chi connectivity index (χ0) is 19.5. The third-order valence-corrected chi connectivity index (χ3v) is 5.86. The molecule has 2 saturated heterocycles. The van der Waals surface area contributed by atoms with Crippen LogP contribution in [-0.2, 0) is 20.8 Å². The second kappa shape index (κ2) is 8.48. The van der Waals surface area contributed by atoms with Crippen molar-refractivity contribution in [1.29, 1.82) is 0 Å². The highest BCUT2D eigenvalue weighted by molar-refractivity contribution is 7.16. The van der Waals surface area contributed by atoms with Gasteiger partial charge in [0.25, 0.3) is 5.91 Å². The Morgan fingerprint density at radius 3 is 2.54 bits per heavy atom. The minimum atomic E-state index is -0.360. The van der Waals surface area contributed by atoms with Crippen LogP contribution in [0.15, 0.2) is 36.4 Å². The van der Waals surface area contributed by atoms with E-state index in [0.717, 1.165) is 20.6 Å². The number of cyclic esters (lactones) is 1. The molecule has 2 fully saturated rings. The van der Waals surface area contributed by atoms with Gasteiger partial charge in [-0.15, -0.1) is 11.3 Å². The molecule has 7 nitrogen and oxygen atoms in total. The van der Waals surface area contributed by atoms with Gasteiger partial charge in [-0.25, -0.2) is 4.79 Å². The second-order valence-electron chi connectivity index (χ2n) is 6.57. The number of anilines is 2. The van der Waals surface area contributed by atoms with E-state index in [4.69, 9.17) is 21.1 Å². The molecular formula is C19H20ClN3O4S. The van der Waals surface area contributed by atoms with Gasteiger partial charge in [0, 0.05) is 35.9 Å². The number of carbonyl (C=O) groups excluding carboxylic acids is 2. The van der Waals surface area contributed by atoms with Crippen LogP contribution in [0.25, 0.3) is 0 Å². The Labute approximate surface area is 171 Å². The maximum Gasteiger partial charge on any atom is 0.414 e. The average Bonchev–Trinajstić information content (AvgIpc) is 3.28. The highest BCUT2D eigenvalue weighted by Gasteiger charge is 2.32. The fraction of sp³-hybridized carbons (Fsp3) is 0.368. The van der Waals surface area contributed by atoms with Gasteiger partial charge in [0.1, 0.15) is 12.7 Å². The van der Waals surface area contributed by atoms with Crippen molar-refractivity contribution in [3.63, 3.8) is 0 Å². The summed E-state index contributed by atoms with van der Waals surface area (Å²) in [5, 5.41) is 3.30. The van der Waals surface area contributed by atoms with Gasteiger partial charge in [-0.1, -0.05) is 11.6 Å². The van der Waals surface area contributed by atoms with E-state index in [1.54, 1.807) is 9.80 Å². The second-order valence-corrected chi connectivity index (χ2v) is 8.37. The first-order valence-electron chi connectivity index (χ1n) is 9.01. The number of nitrogens with one attached hydrogen (secondary N) is 1. The summed E-state index contributed by atoms with van der Waals surface area (Å²) >= 11 is 7.46. The summed E-state index contributed by atoms with van der Waals surface area (Å²) in [6.45, 7) is 2.90. The summed E-state index contributed by atoms with van der Waals surface area (Å²) in [4.78, 5) is 28.6. The van der Waals surface area contributed by atoms with Gasteiger partial charge >= 0.3 is 6.09 Å². The Bertz CT molecular complexity index is 857. The maximum atomic E-state index is 12.2. The van der Waals surface area contributed by atoms with Gasteiger partial charge in [-0.3, -0.25) is 9.69 Å². The van der Waals surface area contributed by atoms with Crippen LogP contribution in [0.2, 0.25) is 4.34 Å².